The molecule has 7 heteroatoms. The topological polar surface area (TPSA) is 42.5 Å². The Kier molecular flexibility index (Phi) is 6.25. The Morgan fingerprint density at radius 1 is 1.11 bits per heavy atom. The molecule has 2 heterocycles. The molecule has 4 rings (SSSR count). The van der Waals surface area contributed by atoms with Gasteiger partial charge in [0.05, 0.1) is 27.6 Å². The minimum atomic E-state index is 0.522. The van der Waals surface area contributed by atoms with Gasteiger partial charge in [-0.1, -0.05) is 48.5 Å². The summed E-state index contributed by atoms with van der Waals surface area (Å²) in [5, 5.41) is 7.94. The van der Waals surface area contributed by atoms with Crippen LogP contribution in [0.15, 0.2) is 58.2 Å². The van der Waals surface area contributed by atoms with Gasteiger partial charge in [-0.15, -0.1) is 11.3 Å². The fourth-order valence-corrected chi connectivity index (χ4v) is 4.47. The zero-order valence-electron chi connectivity index (χ0n) is 15.3. The van der Waals surface area contributed by atoms with E-state index >= 15 is 0 Å². The SMILES string of the molecule is Clc1ccc(-c2csc(=Nc3cccnc3)n2N=CC2CCCCC2)cc1Cl. The molecular formula is C21H20Cl2N4S. The molecule has 28 heavy (non-hydrogen) atoms. The summed E-state index contributed by atoms with van der Waals surface area (Å²) in [6, 6.07) is 9.44. The number of thiazole rings is 1. The fraction of sp³-hybridized carbons (Fsp3) is 0.286. The van der Waals surface area contributed by atoms with Gasteiger partial charge < -0.3 is 0 Å². The first-order valence-electron chi connectivity index (χ1n) is 9.36. The van der Waals surface area contributed by atoms with Crippen molar-refractivity contribution in [3.8, 4) is 11.3 Å². The molecule has 0 radical (unpaired) electrons. The minimum absolute atomic E-state index is 0.522. The summed E-state index contributed by atoms with van der Waals surface area (Å²) < 4.78 is 1.89. The Morgan fingerprint density at radius 3 is 2.71 bits per heavy atom. The van der Waals surface area contributed by atoms with Crippen LogP contribution in [0.5, 0.6) is 0 Å². The Hall–Kier alpha value is -1.95. The molecule has 144 valence electrons. The smallest absolute Gasteiger partial charge is 0.211 e. The summed E-state index contributed by atoms with van der Waals surface area (Å²) >= 11 is 13.9. The second kappa shape index (κ2) is 9.03. The third-order valence-electron chi connectivity index (χ3n) is 4.81. The molecule has 1 aliphatic rings. The fourth-order valence-electron chi connectivity index (χ4n) is 3.32. The zero-order valence-corrected chi connectivity index (χ0v) is 17.6. The van der Waals surface area contributed by atoms with Crippen molar-refractivity contribution < 1.29 is 0 Å². The van der Waals surface area contributed by atoms with Crippen LogP contribution in [-0.4, -0.2) is 15.9 Å². The predicted octanol–water partition coefficient (Wildman–Crippen LogP) is 6.57. The third-order valence-corrected chi connectivity index (χ3v) is 6.37. The van der Waals surface area contributed by atoms with E-state index in [1.165, 1.54) is 32.1 Å². The Labute approximate surface area is 178 Å². The van der Waals surface area contributed by atoms with E-state index in [0.717, 1.165) is 21.7 Å². The maximum absolute atomic E-state index is 6.24. The van der Waals surface area contributed by atoms with Crippen molar-refractivity contribution in [2.75, 3.05) is 0 Å². The second-order valence-electron chi connectivity index (χ2n) is 6.83. The van der Waals surface area contributed by atoms with Crippen LogP contribution in [0.4, 0.5) is 5.69 Å². The number of halogens is 2. The number of nitrogens with zero attached hydrogens (tertiary/aromatic N) is 4. The molecule has 1 aromatic carbocycles. The summed E-state index contributed by atoms with van der Waals surface area (Å²) in [5.41, 5.74) is 2.70. The van der Waals surface area contributed by atoms with Crippen molar-refractivity contribution in [2.45, 2.75) is 32.1 Å². The standard InChI is InChI=1S/C21H20Cl2N4S/c22-18-9-8-16(11-19(18)23)20-14-28-21(26-17-7-4-10-24-13-17)27(20)25-12-15-5-2-1-3-6-15/h4,7-15H,1-3,5-6H2. The normalized spacial score (nSPS) is 16.1. The number of pyridine rings is 1. The van der Waals surface area contributed by atoms with Gasteiger partial charge in [-0.05, 0) is 43.0 Å². The number of hydrogen-bond acceptors (Lipinski definition) is 4. The van der Waals surface area contributed by atoms with Crippen LogP contribution in [-0.2, 0) is 0 Å². The average molecular weight is 431 g/mol. The highest BCUT2D eigenvalue weighted by Crippen LogP contribution is 2.29. The lowest BCUT2D eigenvalue weighted by atomic mass is 9.90. The lowest BCUT2D eigenvalue weighted by molar-refractivity contribution is 0.443. The van der Waals surface area contributed by atoms with Gasteiger partial charge in [0, 0.05) is 23.4 Å². The average Bonchev–Trinajstić information content (AvgIpc) is 3.12. The van der Waals surface area contributed by atoms with Crippen molar-refractivity contribution in [2.24, 2.45) is 16.0 Å². The van der Waals surface area contributed by atoms with Gasteiger partial charge in [0.1, 0.15) is 0 Å². The number of rotatable bonds is 4. The van der Waals surface area contributed by atoms with E-state index in [0.29, 0.717) is 16.0 Å². The molecule has 0 spiro atoms. The predicted molar refractivity (Wildman–Crippen MR) is 118 cm³/mol. The highest BCUT2D eigenvalue weighted by atomic mass is 35.5. The van der Waals surface area contributed by atoms with Crippen molar-refractivity contribution >= 4 is 46.4 Å². The van der Waals surface area contributed by atoms with Crippen LogP contribution in [0.3, 0.4) is 0 Å². The van der Waals surface area contributed by atoms with Gasteiger partial charge in [0.15, 0.2) is 0 Å². The molecule has 0 atom stereocenters. The van der Waals surface area contributed by atoms with Gasteiger partial charge in [-0.25, -0.2) is 9.67 Å². The molecule has 4 nitrogen and oxygen atoms in total. The molecular weight excluding hydrogens is 411 g/mol. The molecule has 0 aliphatic heterocycles. The molecule has 0 N–H and O–H groups in total. The molecule has 0 amide bonds. The van der Waals surface area contributed by atoms with Gasteiger partial charge >= 0.3 is 0 Å². The first-order chi connectivity index (χ1) is 13.7. The van der Waals surface area contributed by atoms with Gasteiger partial charge in [0.2, 0.25) is 4.80 Å². The Bertz CT molecular complexity index is 1030. The van der Waals surface area contributed by atoms with Crippen molar-refractivity contribution in [3.05, 3.63) is 63.0 Å². The van der Waals surface area contributed by atoms with Crippen LogP contribution in [0.1, 0.15) is 32.1 Å². The molecule has 0 saturated heterocycles. The van der Waals surface area contributed by atoms with E-state index in [1.54, 1.807) is 23.7 Å². The summed E-state index contributed by atoms with van der Waals surface area (Å²) in [6.07, 6.45) is 11.8. The molecule has 2 aromatic heterocycles. The van der Waals surface area contributed by atoms with E-state index in [1.807, 2.05) is 40.4 Å². The first kappa shape index (κ1) is 19.4. The van der Waals surface area contributed by atoms with Crippen LogP contribution in [0.2, 0.25) is 10.0 Å². The van der Waals surface area contributed by atoms with Crippen LogP contribution < -0.4 is 4.80 Å². The summed E-state index contributed by atoms with van der Waals surface area (Å²) in [6.45, 7) is 0. The van der Waals surface area contributed by atoms with Crippen molar-refractivity contribution in [3.63, 3.8) is 0 Å². The highest BCUT2D eigenvalue weighted by Gasteiger charge is 2.13. The molecule has 0 unspecified atom stereocenters. The number of benzene rings is 1. The Balaban J connectivity index is 1.78. The van der Waals surface area contributed by atoms with Crippen LogP contribution in [0.25, 0.3) is 11.3 Å². The van der Waals surface area contributed by atoms with Gasteiger partial charge in [0.25, 0.3) is 0 Å². The van der Waals surface area contributed by atoms with Gasteiger partial charge in [-0.3, -0.25) is 4.98 Å². The lowest BCUT2D eigenvalue weighted by Gasteiger charge is -2.17. The van der Waals surface area contributed by atoms with E-state index in [-0.39, 0.29) is 0 Å². The van der Waals surface area contributed by atoms with Crippen LogP contribution in [0, 0.1) is 5.92 Å². The van der Waals surface area contributed by atoms with Crippen LogP contribution >= 0.6 is 34.5 Å². The van der Waals surface area contributed by atoms with Crippen molar-refractivity contribution in [1.82, 2.24) is 9.66 Å². The molecule has 0 bridgehead atoms. The number of hydrogen-bond donors (Lipinski definition) is 0. The quantitative estimate of drug-likeness (QED) is 0.431. The first-order valence-corrected chi connectivity index (χ1v) is 11.0. The molecule has 3 aromatic rings. The zero-order chi connectivity index (χ0) is 19.3. The third kappa shape index (κ3) is 4.54. The molecule has 1 aliphatic carbocycles. The van der Waals surface area contributed by atoms with E-state index in [9.17, 15) is 0 Å². The maximum Gasteiger partial charge on any atom is 0.211 e. The Morgan fingerprint density at radius 2 is 1.96 bits per heavy atom. The molecule has 1 saturated carbocycles. The lowest BCUT2D eigenvalue weighted by Crippen LogP contribution is -2.14. The highest BCUT2D eigenvalue weighted by molar-refractivity contribution is 7.07. The summed E-state index contributed by atoms with van der Waals surface area (Å²) in [7, 11) is 0. The van der Waals surface area contributed by atoms with E-state index in [4.69, 9.17) is 33.3 Å². The monoisotopic (exact) mass is 430 g/mol. The van der Waals surface area contributed by atoms with Crippen molar-refractivity contribution in [1.29, 1.82) is 0 Å². The number of aromatic nitrogens is 2. The molecule has 1 fully saturated rings. The largest absolute Gasteiger partial charge is 0.262 e. The maximum atomic E-state index is 6.24. The van der Waals surface area contributed by atoms with Gasteiger partial charge in [-0.2, -0.15) is 5.10 Å². The second-order valence-corrected chi connectivity index (χ2v) is 8.48. The van der Waals surface area contributed by atoms with E-state index in [2.05, 4.69) is 11.2 Å². The minimum Gasteiger partial charge on any atom is -0.262 e. The summed E-state index contributed by atoms with van der Waals surface area (Å²) in [5.74, 6) is 0.522. The summed E-state index contributed by atoms with van der Waals surface area (Å²) in [4.78, 5) is 9.68. The van der Waals surface area contributed by atoms with E-state index < -0.39 is 0 Å².